The summed E-state index contributed by atoms with van der Waals surface area (Å²) in [6.45, 7) is 0.473. The number of aromatic hydroxyl groups is 1. The van der Waals surface area contributed by atoms with Gasteiger partial charge in [0.2, 0.25) is 0 Å². The molecule has 19 heavy (non-hydrogen) atoms. The van der Waals surface area contributed by atoms with Crippen molar-refractivity contribution in [2.24, 2.45) is 0 Å². The molecule has 0 amide bonds. The number of anilines is 1. The van der Waals surface area contributed by atoms with Crippen molar-refractivity contribution < 1.29 is 5.11 Å². The van der Waals surface area contributed by atoms with E-state index in [0.717, 1.165) is 11.3 Å². The standard InChI is InChI=1S/C13H9Cl4NO/c14-8-1-2-12(9(15)5-8)18-6-7-3-10(16)13(19)11(17)4-7/h1-5,18-19H,6H2. The van der Waals surface area contributed by atoms with E-state index in [2.05, 4.69) is 5.32 Å². The number of phenols is 1. The molecule has 0 saturated carbocycles. The quantitative estimate of drug-likeness (QED) is 0.762. The summed E-state index contributed by atoms with van der Waals surface area (Å²) in [7, 11) is 0. The fraction of sp³-hybridized carbons (Fsp3) is 0.0769. The van der Waals surface area contributed by atoms with Gasteiger partial charge in [-0.3, -0.25) is 0 Å². The third kappa shape index (κ3) is 3.61. The van der Waals surface area contributed by atoms with Crippen LogP contribution in [0.4, 0.5) is 5.69 Å². The Morgan fingerprint density at radius 1 is 0.895 bits per heavy atom. The lowest BCUT2D eigenvalue weighted by Crippen LogP contribution is -2.00. The summed E-state index contributed by atoms with van der Waals surface area (Å²) >= 11 is 23.6. The Morgan fingerprint density at radius 3 is 2.11 bits per heavy atom. The second-order valence-electron chi connectivity index (χ2n) is 3.89. The fourth-order valence-electron chi connectivity index (χ4n) is 1.55. The molecule has 0 fully saturated rings. The lowest BCUT2D eigenvalue weighted by molar-refractivity contribution is 0.475. The molecule has 2 aromatic rings. The van der Waals surface area contributed by atoms with E-state index in [0.29, 0.717) is 16.6 Å². The van der Waals surface area contributed by atoms with Crippen LogP contribution in [0.25, 0.3) is 0 Å². The van der Waals surface area contributed by atoms with E-state index in [1.54, 1.807) is 30.3 Å². The average molecular weight is 337 g/mol. The molecule has 0 aromatic heterocycles. The highest BCUT2D eigenvalue weighted by Crippen LogP contribution is 2.33. The number of phenolic OH excluding ortho intramolecular Hbond substituents is 1. The van der Waals surface area contributed by atoms with Gasteiger partial charge in [0.15, 0.2) is 5.75 Å². The average Bonchev–Trinajstić information content (AvgIpc) is 2.34. The molecule has 0 atom stereocenters. The van der Waals surface area contributed by atoms with Gasteiger partial charge < -0.3 is 10.4 Å². The highest BCUT2D eigenvalue weighted by Gasteiger charge is 2.07. The molecular weight excluding hydrogens is 328 g/mol. The molecule has 0 unspecified atom stereocenters. The van der Waals surface area contributed by atoms with Crippen LogP contribution < -0.4 is 5.32 Å². The maximum absolute atomic E-state index is 9.47. The van der Waals surface area contributed by atoms with Gasteiger partial charge in [-0.1, -0.05) is 46.4 Å². The highest BCUT2D eigenvalue weighted by atomic mass is 35.5. The lowest BCUT2D eigenvalue weighted by atomic mass is 10.2. The Morgan fingerprint density at radius 2 is 1.53 bits per heavy atom. The molecule has 2 rings (SSSR count). The molecular formula is C13H9Cl4NO. The minimum atomic E-state index is -0.114. The number of nitrogens with one attached hydrogen (secondary N) is 1. The van der Waals surface area contributed by atoms with E-state index < -0.39 is 0 Å². The number of benzene rings is 2. The SMILES string of the molecule is Oc1c(Cl)cc(CNc2ccc(Cl)cc2Cl)cc1Cl. The molecule has 0 spiro atoms. The normalized spacial score (nSPS) is 10.5. The van der Waals surface area contributed by atoms with Crippen molar-refractivity contribution in [3.63, 3.8) is 0 Å². The molecule has 0 heterocycles. The van der Waals surface area contributed by atoms with Gasteiger partial charge in [-0.15, -0.1) is 0 Å². The Bertz CT molecular complexity index is 593. The van der Waals surface area contributed by atoms with Gasteiger partial charge in [0, 0.05) is 11.6 Å². The number of rotatable bonds is 3. The zero-order valence-corrected chi connectivity index (χ0v) is 12.6. The van der Waals surface area contributed by atoms with Crippen molar-refractivity contribution in [2.45, 2.75) is 6.54 Å². The van der Waals surface area contributed by atoms with Gasteiger partial charge in [0.05, 0.1) is 20.8 Å². The third-order valence-electron chi connectivity index (χ3n) is 2.49. The van der Waals surface area contributed by atoms with Crippen molar-refractivity contribution in [1.29, 1.82) is 0 Å². The Kier molecular flexibility index (Phi) is 4.69. The van der Waals surface area contributed by atoms with Gasteiger partial charge >= 0.3 is 0 Å². The van der Waals surface area contributed by atoms with Gasteiger partial charge in [0.25, 0.3) is 0 Å². The van der Waals surface area contributed by atoms with E-state index in [9.17, 15) is 5.11 Å². The summed E-state index contributed by atoms with van der Waals surface area (Å²) in [5.74, 6) is -0.114. The zero-order valence-electron chi connectivity index (χ0n) is 9.55. The van der Waals surface area contributed by atoms with Crippen LogP contribution in [0.1, 0.15) is 5.56 Å². The third-order valence-corrected chi connectivity index (χ3v) is 3.61. The maximum Gasteiger partial charge on any atom is 0.152 e. The van der Waals surface area contributed by atoms with E-state index in [1.807, 2.05) is 0 Å². The van der Waals surface area contributed by atoms with Crippen molar-refractivity contribution in [1.82, 2.24) is 0 Å². The second kappa shape index (κ2) is 6.10. The molecule has 0 aliphatic carbocycles. The van der Waals surface area contributed by atoms with Crippen molar-refractivity contribution in [2.75, 3.05) is 5.32 Å². The molecule has 0 aliphatic rings. The smallest absolute Gasteiger partial charge is 0.152 e. The molecule has 0 radical (unpaired) electrons. The van der Waals surface area contributed by atoms with Gasteiger partial charge in [-0.05, 0) is 35.9 Å². The van der Waals surface area contributed by atoms with E-state index in [4.69, 9.17) is 46.4 Å². The largest absolute Gasteiger partial charge is 0.505 e. The van der Waals surface area contributed by atoms with E-state index in [1.165, 1.54) is 0 Å². The van der Waals surface area contributed by atoms with Crippen LogP contribution in [0, 0.1) is 0 Å². The van der Waals surface area contributed by atoms with Crippen LogP contribution in [-0.2, 0) is 6.54 Å². The summed E-state index contributed by atoms with van der Waals surface area (Å²) in [5, 5.41) is 14.1. The first-order valence-electron chi connectivity index (χ1n) is 5.33. The maximum atomic E-state index is 9.47. The predicted molar refractivity (Wildman–Crippen MR) is 81.9 cm³/mol. The zero-order chi connectivity index (χ0) is 14.0. The second-order valence-corrected chi connectivity index (χ2v) is 5.54. The minimum Gasteiger partial charge on any atom is -0.505 e. The molecule has 0 saturated heterocycles. The monoisotopic (exact) mass is 335 g/mol. The van der Waals surface area contributed by atoms with Crippen LogP contribution in [-0.4, -0.2) is 5.11 Å². The van der Waals surface area contributed by atoms with Crippen LogP contribution in [0.5, 0.6) is 5.75 Å². The van der Waals surface area contributed by atoms with E-state index >= 15 is 0 Å². The molecule has 0 bridgehead atoms. The fourth-order valence-corrected chi connectivity index (χ4v) is 2.56. The number of hydrogen-bond donors (Lipinski definition) is 2. The lowest BCUT2D eigenvalue weighted by Gasteiger charge is -2.10. The van der Waals surface area contributed by atoms with Crippen molar-refractivity contribution in [3.05, 3.63) is 56.0 Å². The first kappa shape index (κ1) is 14.6. The van der Waals surface area contributed by atoms with Gasteiger partial charge in [-0.25, -0.2) is 0 Å². The van der Waals surface area contributed by atoms with Crippen LogP contribution in [0.3, 0.4) is 0 Å². The van der Waals surface area contributed by atoms with Gasteiger partial charge in [-0.2, -0.15) is 0 Å². The molecule has 2 aromatic carbocycles. The van der Waals surface area contributed by atoms with Crippen LogP contribution in [0.15, 0.2) is 30.3 Å². The molecule has 2 N–H and O–H groups in total. The highest BCUT2D eigenvalue weighted by molar-refractivity contribution is 6.37. The Balaban J connectivity index is 2.14. The number of halogens is 4. The first-order chi connectivity index (χ1) is 8.97. The van der Waals surface area contributed by atoms with Crippen LogP contribution in [0.2, 0.25) is 20.1 Å². The van der Waals surface area contributed by atoms with Crippen LogP contribution >= 0.6 is 46.4 Å². The predicted octanol–water partition coefficient (Wildman–Crippen LogP) is 5.62. The van der Waals surface area contributed by atoms with Crippen molar-refractivity contribution >= 4 is 52.1 Å². The molecule has 6 heteroatoms. The summed E-state index contributed by atoms with van der Waals surface area (Å²) < 4.78 is 0. The Labute approximate surface area is 130 Å². The minimum absolute atomic E-state index is 0.114. The summed E-state index contributed by atoms with van der Waals surface area (Å²) in [5.41, 5.74) is 1.59. The molecule has 0 aliphatic heterocycles. The van der Waals surface area contributed by atoms with Gasteiger partial charge in [0.1, 0.15) is 0 Å². The number of hydrogen-bond acceptors (Lipinski definition) is 2. The molecule has 100 valence electrons. The van der Waals surface area contributed by atoms with Crippen molar-refractivity contribution in [3.8, 4) is 5.75 Å². The topological polar surface area (TPSA) is 32.3 Å². The summed E-state index contributed by atoms with van der Waals surface area (Å²) in [6.07, 6.45) is 0. The molecule has 2 nitrogen and oxygen atoms in total. The summed E-state index contributed by atoms with van der Waals surface area (Å²) in [4.78, 5) is 0. The first-order valence-corrected chi connectivity index (χ1v) is 6.84. The Hall–Kier alpha value is -0.800. The summed E-state index contributed by atoms with van der Waals surface area (Å²) in [6, 6.07) is 8.46. The van der Waals surface area contributed by atoms with E-state index in [-0.39, 0.29) is 15.8 Å².